The Balaban J connectivity index is 2.03. The highest BCUT2D eigenvalue weighted by Crippen LogP contribution is 2.06. The lowest BCUT2D eigenvalue weighted by Crippen LogP contribution is -2.56. The maximum Gasteiger partial charge on any atom is 0.326 e. The number of hydrogen-bond donors (Lipinski definition) is 8. The number of nitrogens with two attached hydrogens (primary N) is 2. The van der Waals surface area contributed by atoms with Crippen LogP contribution in [-0.4, -0.2) is 81.9 Å². The molecule has 0 radical (unpaired) electrons. The molecular weight excluding hydrogens is 520 g/mol. The Morgan fingerprint density at radius 2 is 1.62 bits per heavy atom. The Hall–Kier alpha value is -4.30. The molecule has 0 bridgehead atoms. The van der Waals surface area contributed by atoms with Crippen molar-refractivity contribution in [3.63, 3.8) is 0 Å². The standard InChI is InChI=1S/C26H38N8O6/c1-16(28)23(36)34-20(12-18-13-29-15-31-18)25(38)33-19(9-5-6-10-27)24(37)30-14-22(35)32-21(26(39)40)11-17-7-3-2-4-8-17/h2-4,7-8,13,15-16,19-21H,5-6,9-12,14,27-28H2,1H3,(H,29,31)(H,30,37)(H,32,35)(H,33,38)(H,34,36)(H,39,40)/t16-,19-,20-,21-/m0/s1. The van der Waals surface area contributed by atoms with E-state index in [0.717, 1.165) is 5.56 Å². The maximum atomic E-state index is 13.2. The summed E-state index contributed by atoms with van der Waals surface area (Å²) in [4.78, 5) is 69.2. The van der Waals surface area contributed by atoms with E-state index in [1.54, 1.807) is 30.3 Å². The van der Waals surface area contributed by atoms with Gasteiger partial charge in [-0.1, -0.05) is 30.3 Å². The molecule has 14 heteroatoms. The Bertz CT molecular complexity index is 1110. The number of carbonyl (C=O) groups is 5. The topological polar surface area (TPSA) is 234 Å². The number of amides is 4. The Morgan fingerprint density at radius 3 is 2.23 bits per heavy atom. The van der Waals surface area contributed by atoms with Crippen molar-refractivity contribution < 1.29 is 29.1 Å². The molecule has 1 aromatic carbocycles. The fourth-order valence-corrected chi connectivity index (χ4v) is 3.75. The summed E-state index contributed by atoms with van der Waals surface area (Å²) in [5.74, 6) is -3.74. The number of H-pyrrole nitrogens is 1. The largest absolute Gasteiger partial charge is 0.480 e. The van der Waals surface area contributed by atoms with Gasteiger partial charge in [0.15, 0.2) is 0 Å². The van der Waals surface area contributed by atoms with Crippen LogP contribution < -0.4 is 32.7 Å². The first-order chi connectivity index (χ1) is 19.1. The third-order valence-electron chi connectivity index (χ3n) is 5.94. The molecule has 2 aromatic rings. The van der Waals surface area contributed by atoms with Crippen LogP contribution in [-0.2, 0) is 36.8 Å². The second kappa shape index (κ2) is 16.6. The molecule has 1 aromatic heterocycles. The van der Waals surface area contributed by atoms with Crippen LogP contribution in [0.15, 0.2) is 42.9 Å². The van der Waals surface area contributed by atoms with Gasteiger partial charge >= 0.3 is 5.97 Å². The van der Waals surface area contributed by atoms with E-state index < -0.39 is 60.3 Å². The van der Waals surface area contributed by atoms with Crippen LogP contribution in [0.2, 0.25) is 0 Å². The quantitative estimate of drug-likeness (QED) is 0.103. The average Bonchev–Trinajstić information content (AvgIpc) is 3.44. The van der Waals surface area contributed by atoms with Gasteiger partial charge in [-0.05, 0) is 38.3 Å². The first-order valence-electron chi connectivity index (χ1n) is 13.0. The molecule has 2 rings (SSSR count). The van der Waals surface area contributed by atoms with Crippen LogP contribution >= 0.6 is 0 Å². The summed E-state index contributed by atoms with van der Waals surface area (Å²) in [6.45, 7) is 1.36. The fraction of sp³-hybridized carbons (Fsp3) is 0.462. The number of unbranched alkanes of at least 4 members (excludes halogenated alkanes) is 1. The zero-order valence-corrected chi connectivity index (χ0v) is 22.4. The minimum atomic E-state index is -1.22. The highest BCUT2D eigenvalue weighted by Gasteiger charge is 2.28. The van der Waals surface area contributed by atoms with E-state index in [1.807, 2.05) is 0 Å². The predicted octanol–water partition coefficient (Wildman–Crippen LogP) is -1.67. The number of carboxylic acid groups (broad SMARTS) is 1. The molecule has 0 aliphatic carbocycles. The molecule has 40 heavy (non-hydrogen) atoms. The van der Waals surface area contributed by atoms with Crippen LogP contribution in [0.5, 0.6) is 0 Å². The minimum absolute atomic E-state index is 0.0679. The van der Waals surface area contributed by atoms with Gasteiger partial charge in [0.1, 0.15) is 18.1 Å². The Labute approximate surface area is 232 Å². The van der Waals surface area contributed by atoms with Crippen molar-refractivity contribution in [2.45, 2.75) is 63.2 Å². The summed E-state index contributed by atoms with van der Waals surface area (Å²) < 4.78 is 0. The first kappa shape index (κ1) is 31.9. The number of nitrogens with one attached hydrogen (secondary N) is 5. The number of carbonyl (C=O) groups excluding carboxylic acids is 4. The van der Waals surface area contributed by atoms with Crippen molar-refractivity contribution in [1.29, 1.82) is 0 Å². The van der Waals surface area contributed by atoms with Crippen molar-refractivity contribution >= 4 is 29.6 Å². The Morgan fingerprint density at radius 1 is 0.925 bits per heavy atom. The van der Waals surface area contributed by atoms with Gasteiger partial charge < -0.3 is 42.8 Å². The molecule has 0 aliphatic rings. The highest BCUT2D eigenvalue weighted by molar-refractivity contribution is 5.94. The van der Waals surface area contributed by atoms with Gasteiger partial charge in [-0.3, -0.25) is 19.2 Å². The lowest BCUT2D eigenvalue weighted by molar-refractivity contribution is -0.141. The smallest absolute Gasteiger partial charge is 0.326 e. The van der Waals surface area contributed by atoms with Crippen molar-refractivity contribution in [2.24, 2.45) is 11.5 Å². The molecule has 4 amide bonds. The zero-order chi connectivity index (χ0) is 29.5. The molecule has 0 aliphatic heterocycles. The molecule has 0 saturated carbocycles. The number of aliphatic carboxylic acids is 1. The van der Waals surface area contributed by atoms with Gasteiger partial charge in [0.25, 0.3) is 0 Å². The summed E-state index contributed by atoms with van der Waals surface area (Å²) in [7, 11) is 0. The van der Waals surface area contributed by atoms with Gasteiger partial charge in [-0.15, -0.1) is 0 Å². The molecule has 4 atom stereocenters. The summed E-state index contributed by atoms with van der Waals surface area (Å²) in [5, 5.41) is 19.6. The molecule has 14 nitrogen and oxygen atoms in total. The van der Waals surface area contributed by atoms with Crippen LogP contribution in [0.1, 0.15) is 37.4 Å². The number of imidazole rings is 1. The zero-order valence-electron chi connectivity index (χ0n) is 22.4. The number of carboxylic acids is 1. The molecular formula is C26H38N8O6. The van der Waals surface area contributed by atoms with Crippen LogP contribution in [0.3, 0.4) is 0 Å². The first-order valence-corrected chi connectivity index (χ1v) is 13.0. The van der Waals surface area contributed by atoms with E-state index >= 15 is 0 Å². The second-order valence-electron chi connectivity index (χ2n) is 9.34. The molecule has 0 saturated heterocycles. The fourth-order valence-electron chi connectivity index (χ4n) is 3.75. The SMILES string of the molecule is C[C@H](N)C(=O)N[C@@H](Cc1cnc[nH]1)C(=O)N[C@@H](CCCCN)C(=O)NCC(=O)N[C@@H](Cc1ccccc1)C(=O)O. The van der Waals surface area contributed by atoms with Crippen molar-refractivity contribution in [3.8, 4) is 0 Å². The second-order valence-corrected chi connectivity index (χ2v) is 9.34. The lowest BCUT2D eigenvalue weighted by Gasteiger charge is -2.23. The lowest BCUT2D eigenvalue weighted by atomic mass is 10.1. The van der Waals surface area contributed by atoms with E-state index in [0.29, 0.717) is 25.1 Å². The van der Waals surface area contributed by atoms with Crippen LogP contribution in [0.4, 0.5) is 0 Å². The molecule has 218 valence electrons. The van der Waals surface area contributed by atoms with E-state index in [9.17, 15) is 29.1 Å². The molecule has 0 unspecified atom stereocenters. The van der Waals surface area contributed by atoms with Gasteiger partial charge in [0, 0.05) is 24.7 Å². The number of rotatable bonds is 17. The van der Waals surface area contributed by atoms with E-state index in [2.05, 4.69) is 31.2 Å². The molecule has 1 heterocycles. The Kier molecular flexibility index (Phi) is 13.3. The van der Waals surface area contributed by atoms with Crippen molar-refractivity contribution in [2.75, 3.05) is 13.1 Å². The van der Waals surface area contributed by atoms with Crippen molar-refractivity contribution in [1.82, 2.24) is 31.2 Å². The van der Waals surface area contributed by atoms with E-state index in [4.69, 9.17) is 11.5 Å². The molecule has 0 spiro atoms. The van der Waals surface area contributed by atoms with E-state index in [-0.39, 0.29) is 19.3 Å². The van der Waals surface area contributed by atoms with Crippen LogP contribution in [0.25, 0.3) is 0 Å². The minimum Gasteiger partial charge on any atom is -0.480 e. The van der Waals surface area contributed by atoms with Gasteiger partial charge in [-0.2, -0.15) is 0 Å². The van der Waals surface area contributed by atoms with Gasteiger partial charge in [0.2, 0.25) is 23.6 Å². The summed E-state index contributed by atoms with van der Waals surface area (Å²) in [5.41, 5.74) is 12.5. The normalized spacial score (nSPS) is 13.8. The summed E-state index contributed by atoms with van der Waals surface area (Å²) in [6.07, 6.45) is 4.40. The summed E-state index contributed by atoms with van der Waals surface area (Å²) in [6, 6.07) is 4.66. The molecule has 10 N–H and O–H groups in total. The van der Waals surface area contributed by atoms with E-state index in [1.165, 1.54) is 19.4 Å². The monoisotopic (exact) mass is 558 g/mol. The van der Waals surface area contributed by atoms with Gasteiger partial charge in [-0.25, -0.2) is 9.78 Å². The molecule has 0 fully saturated rings. The average molecular weight is 559 g/mol. The maximum absolute atomic E-state index is 13.2. The number of nitrogens with zero attached hydrogens (tertiary/aromatic N) is 1. The third-order valence-corrected chi connectivity index (χ3v) is 5.94. The van der Waals surface area contributed by atoms with Crippen LogP contribution in [0, 0.1) is 0 Å². The predicted molar refractivity (Wildman–Crippen MR) is 145 cm³/mol. The summed E-state index contributed by atoms with van der Waals surface area (Å²) >= 11 is 0. The number of aromatic nitrogens is 2. The number of benzene rings is 1. The van der Waals surface area contributed by atoms with Crippen molar-refractivity contribution in [3.05, 3.63) is 54.1 Å². The van der Waals surface area contributed by atoms with Gasteiger partial charge in [0.05, 0.1) is 18.9 Å². The third kappa shape index (κ3) is 11.2. The number of hydrogen-bond acceptors (Lipinski definition) is 8. The number of aromatic amines is 1. The highest BCUT2D eigenvalue weighted by atomic mass is 16.4.